The van der Waals surface area contributed by atoms with E-state index in [2.05, 4.69) is 12.2 Å². The van der Waals surface area contributed by atoms with Gasteiger partial charge in [-0.1, -0.05) is 25.1 Å². The quantitative estimate of drug-likeness (QED) is 0.919. The Balaban J connectivity index is 1.78. The summed E-state index contributed by atoms with van der Waals surface area (Å²) in [5, 5.41) is 3.79. The monoisotopic (exact) mass is 315 g/mol. The third kappa shape index (κ3) is 3.07. The summed E-state index contributed by atoms with van der Waals surface area (Å²) in [5.41, 5.74) is 2.00. The first-order valence-corrected chi connectivity index (χ1v) is 7.86. The summed E-state index contributed by atoms with van der Waals surface area (Å²) < 4.78 is 5.89. The van der Waals surface area contributed by atoms with Gasteiger partial charge in [-0.15, -0.1) is 0 Å². The van der Waals surface area contributed by atoms with E-state index in [1.165, 1.54) is 4.90 Å². The number of carbonyl (C=O) groups is 2. The van der Waals surface area contributed by atoms with Crippen molar-refractivity contribution in [2.45, 2.75) is 26.3 Å². The number of urea groups is 1. The van der Waals surface area contributed by atoms with Crippen LogP contribution in [0, 0.1) is 0 Å². The highest BCUT2D eigenvalue weighted by molar-refractivity contribution is 5.96. The molecule has 1 aliphatic heterocycles. The van der Waals surface area contributed by atoms with Crippen LogP contribution < -0.4 is 5.32 Å². The van der Waals surface area contributed by atoms with Gasteiger partial charge in [-0.2, -0.15) is 0 Å². The number of hydrogen-bond acceptors (Lipinski definition) is 4. The molecule has 1 aromatic carbocycles. The molecule has 2 aromatic rings. The highest BCUT2D eigenvalue weighted by atomic mass is 16.3. The Morgan fingerprint density at radius 3 is 2.83 bits per heavy atom. The van der Waals surface area contributed by atoms with Gasteiger partial charge in [-0.05, 0) is 13.1 Å². The molecule has 1 N–H and O–H groups in total. The van der Waals surface area contributed by atoms with Crippen LogP contribution in [0.2, 0.25) is 0 Å². The summed E-state index contributed by atoms with van der Waals surface area (Å²) in [6.07, 6.45) is 1.16. The molecule has 122 valence electrons. The number of amides is 3. The molecule has 0 saturated carbocycles. The SMILES string of the molecule is CCc1oc2ccccc2c1CN(C)CN1C(=O)CCNC1=O. The number of rotatable bonds is 5. The zero-order chi connectivity index (χ0) is 16.4. The summed E-state index contributed by atoms with van der Waals surface area (Å²) >= 11 is 0. The van der Waals surface area contributed by atoms with Crippen LogP contribution in [0.15, 0.2) is 28.7 Å². The first kappa shape index (κ1) is 15.6. The number of imide groups is 1. The van der Waals surface area contributed by atoms with Crippen LogP contribution in [0.4, 0.5) is 4.79 Å². The van der Waals surface area contributed by atoms with Crippen molar-refractivity contribution < 1.29 is 14.0 Å². The van der Waals surface area contributed by atoms with E-state index < -0.39 is 0 Å². The fourth-order valence-electron chi connectivity index (χ4n) is 2.93. The van der Waals surface area contributed by atoms with Gasteiger partial charge in [0.25, 0.3) is 0 Å². The number of benzene rings is 1. The van der Waals surface area contributed by atoms with Crippen molar-refractivity contribution in [3.8, 4) is 0 Å². The zero-order valence-electron chi connectivity index (χ0n) is 13.5. The molecule has 0 radical (unpaired) electrons. The summed E-state index contributed by atoms with van der Waals surface area (Å²) in [4.78, 5) is 26.9. The average molecular weight is 315 g/mol. The van der Waals surface area contributed by atoms with E-state index in [4.69, 9.17) is 4.42 Å². The van der Waals surface area contributed by atoms with Crippen molar-refractivity contribution in [3.63, 3.8) is 0 Å². The molecule has 0 atom stereocenters. The van der Waals surface area contributed by atoms with Crippen LogP contribution in [0.25, 0.3) is 11.0 Å². The van der Waals surface area contributed by atoms with Gasteiger partial charge in [0.05, 0.1) is 6.67 Å². The fraction of sp³-hybridized carbons (Fsp3) is 0.412. The molecule has 1 aromatic heterocycles. The number of carbonyl (C=O) groups excluding carboxylic acids is 2. The van der Waals surface area contributed by atoms with Crippen LogP contribution in [-0.2, 0) is 17.8 Å². The molecule has 23 heavy (non-hydrogen) atoms. The average Bonchev–Trinajstić information content (AvgIpc) is 2.89. The zero-order valence-corrected chi connectivity index (χ0v) is 13.5. The van der Waals surface area contributed by atoms with Gasteiger partial charge in [-0.3, -0.25) is 14.6 Å². The Morgan fingerprint density at radius 1 is 1.30 bits per heavy atom. The number of para-hydroxylation sites is 1. The van der Waals surface area contributed by atoms with Gasteiger partial charge in [-0.25, -0.2) is 4.79 Å². The summed E-state index contributed by atoms with van der Waals surface area (Å²) in [6.45, 7) is 3.37. The lowest BCUT2D eigenvalue weighted by Gasteiger charge is -2.29. The lowest BCUT2D eigenvalue weighted by atomic mass is 10.1. The topological polar surface area (TPSA) is 65.8 Å². The van der Waals surface area contributed by atoms with Crippen LogP contribution in [0.1, 0.15) is 24.7 Å². The Labute approximate surface area is 135 Å². The molecule has 0 spiro atoms. The molecular formula is C17H21N3O3. The van der Waals surface area contributed by atoms with Crippen LogP contribution in [-0.4, -0.2) is 42.0 Å². The van der Waals surface area contributed by atoms with Crippen molar-refractivity contribution in [2.24, 2.45) is 0 Å². The van der Waals surface area contributed by atoms with Gasteiger partial charge < -0.3 is 9.73 Å². The number of fused-ring (bicyclic) bond motifs is 1. The molecule has 3 amide bonds. The number of nitrogens with zero attached hydrogens (tertiary/aromatic N) is 2. The van der Waals surface area contributed by atoms with Gasteiger partial charge in [0.15, 0.2) is 0 Å². The summed E-state index contributed by atoms with van der Waals surface area (Å²) in [7, 11) is 1.90. The van der Waals surface area contributed by atoms with Crippen molar-refractivity contribution in [2.75, 3.05) is 20.3 Å². The number of aryl methyl sites for hydroxylation is 1. The second-order valence-electron chi connectivity index (χ2n) is 5.81. The van der Waals surface area contributed by atoms with Crippen LogP contribution in [0.5, 0.6) is 0 Å². The Bertz CT molecular complexity index is 722. The third-order valence-electron chi connectivity index (χ3n) is 4.08. The summed E-state index contributed by atoms with van der Waals surface area (Å²) in [6, 6.07) is 7.62. The van der Waals surface area contributed by atoms with E-state index in [1.54, 1.807) is 0 Å². The molecule has 6 heteroatoms. The Hall–Kier alpha value is -2.34. The second kappa shape index (κ2) is 6.42. The van der Waals surface area contributed by atoms with E-state index in [9.17, 15) is 9.59 Å². The largest absolute Gasteiger partial charge is 0.461 e. The summed E-state index contributed by atoms with van der Waals surface area (Å²) in [5.74, 6) is 0.820. The molecule has 6 nitrogen and oxygen atoms in total. The van der Waals surface area contributed by atoms with E-state index in [-0.39, 0.29) is 18.6 Å². The van der Waals surface area contributed by atoms with Gasteiger partial charge >= 0.3 is 6.03 Å². The predicted octanol–water partition coefficient (Wildman–Crippen LogP) is 2.33. The van der Waals surface area contributed by atoms with Crippen molar-refractivity contribution in [1.82, 2.24) is 15.1 Å². The predicted molar refractivity (Wildman–Crippen MR) is 86.8 cm³/mol. The van der Waals surface area contributed by atoms with Gasteiger partial charge in [0.2, 0.25) is 5.91 Å². The molecule has 0 aliphatic carbocycles. The molecule has 1 fully saturated rings. The highest BCUT2D eigenvalue weighted by Crippen LogP contribution is 2.27. The van der Waals surface area contributed by atoms with Crippen LogP contribution in [0.3, 0.4) is 0 Å². The molecule has 2 heterocycles. The molecule has 3 rings (SSSR count). The van der Waals surface area contributed by atoms with E-state index in [1.807, 2.05) is 36.2 Å². The fourth-order valence-corrected chi connectivity index (χ4v) is 2.93. The highest BCUT2D eigenvalue weighted by Gasteiger charge is 2.27. The van der Waals surface area contributed by atoms with Crippen molar-refractivity contribution in [1.29, 1.82) is 0 Å². The normalized spacial score (nSPS) is 15.5. The first-order chi connectivity index (χ1) is 11.1. The van der Waals surface area contributed by atoms with E-state index in [0.717, 1.165) is 28.7 Å². The minimum Gasteiger partial charge on any atom is -0.461 e. The van der Waals surface area contributed by atoms with E-state index >= 15 is 0 Å². The van der Waals surface area contributed by atoms with Crippen molar-refractivity contribution >= 4 is 22.9 Å². The Morgan fingerprint density at radius 2 is 2.09 bits per heavy atom. The molecule has 1 saturated heterocycles. The lowest BCUT2D eigenvalue weighted by Crippen LogP contribution is -2.53. The minimum absolute atomic E-state index is 0.131. The number of furan rings is 1. The van der Waals surface area contributed by atoms with E-state index in [0.29, 0.717) is 19.5 Å². The van der Waals surface area contributed by atoms with Gasteiger partial charge in [0.1, 0.15) is 11.3 Å². The number of nitrogens with one attached hydrogen (secondary N) is 1. The maximum absolute atomic E-state index is 11.9. The maximum atomic E-state index is 11.9. The first-order valence-electron chi connectivity index (χ1n) is 7.86. The minimum atomic E-state index is -0.319. The number of hydrogen-bond donors (Lipinski definition) is 1. The molecule has 0 bridgehead atoms. The third-order valence-corrected chi connectivity index (χ3v) is 4.08. The van der Waals surface area contributed by atoms with Crippen molar-refractivity contribution in [3.05, 3.63) is 35.6 Å². The smallest absolute Gasteiger partial charge is 0.325 e. The lowest BCUT2D eigenvalue weighted by molar-refractivity contribution is -0.130. The standard InChI is InChI=1S/C17H21N3O3/c1-3-14-13(12-6-4-5-7-15(12)23-14)10-19(2)11-20-16(21)8-9-18-17(20)22/h4-7H,3,8-11H2,1-2H3,(H,18,22). The molecule has 1 aliphatic rings. The van der Waals surface area contributed by atoms with Crippen LogP contribution >= 0.6 is 0 Å². The Kier molecular flexibility index (Phi) is 4.34. The molecule has 0 unspecified atom stereocenters. The molecular weight excluding hydrogens is 294 g/mol. The van der Waals surface area contributed by atoms with Gasteiger partial charge in [0, 0.05) is 36.9 Å². The second-order valence-corrected chi connectivity index (χ2v) is 5.81. The maximum Gasteiger partial charge on any atom is 0.325 e.